The number of nitrogens with zero attached hydrogens (tertiary/aromatic N) is 2. The molecule has 0 radical (unpaired) electrons. The van der Waals surface area contributed by atoms with Gasteiger partial charge in [0.2, 0.25) is 0 Å². The van der Waals surface area contributed by atoms with Gasteiger partial charge in [-0.2, -0.15) is 0 Å². The van der Waals surface area contributed by atoms with Gasteiger partial charge in [-0.05, 0) is 61.4 Å². The van der Waals surface area contributed by atoms with Crippen LogP contribution in [0.25, 0.3) is 10.2 Å². The van der Waals surface area contributed by atoms with Gasteiger partial charge in [0.1, 0.15) is 11.3 Å². The smallest absolute Gasteiger partial charge is 0.406 e. The first-order valence-electron chi connectivity index (χ1n) is 11.4. The largest absolute Gasteiger partial charge is 0.573 e. The maximum atomic E-state index is 12.2. The highest BCUT2D eigenvalue weighted by Crippen LogP contribution is 2.32. The van der Waals surface area contributed by atoms with Gasteiger partial charge in [-0.1, -0.05) is 43.9 Å². The normalized spacial score (nSPS) is 15.4. The number of hydrogen-bond donors (Lipinski definition) is 0. The number of thiazole rings is 1. The molecule has 0 unspecified atom stereocenters. The number of hydrogen-bond acceptors (Lipinski definition) is 4. The van der Waals surface area contributed by atoms with Gasteiger partial charge in [0.25, 0.3) is 0 Å². The van der Waals surface area contributed by atoms with Crippen molar-refractivity contribution >= 4 is 27.2 Å². The molecule has 3 aromatic rings. The van der Waals surface area contributed by atoms with E-state index in [1.165, 1.54) is 54.6 Å². The fraction of sp³-hybridized carbons (Fsp3) is 0.480. The number of ether oxygens (including phenoxy) is 1. The number of benzene rings is 2. The average molecular weight is 463 g/mol. The van der Waals surface area contributed by atoms with Gasteiger partial charge in [0.05, 0.1) is 15.9 Å². The molecule has 7 heteroatoms. The zero-order valence-corrected chi connectivity index (χ0v) is 18.9. The van der Waals surface area contributed by atoms with Crippen LogP contribution in [0.1, 0.15) is 50.5 Å². The van der Waals surface area contributed by atoms with E-state index in [0.717, 1.165) is 49.4 Å². The van der Waals surface area contributed by atoms with Gasteiger partial charge in [0, 0.05) is 13.1 Å². The molecule has 1 aliphatic rings. The highest BCUT2D eigenvalue weighted by atomic mass is 32.1. The summed E-state index contributed by atoms with van der Waals surface area (Å²) in [5, 5.41) is 0. The average Bonchev–Trinajstić information content (AvgIpc) is 3.26. The number of para-hydroxylation sites is 1. The van der Waals surface area contributed by atoms with Crippen LogP contribution in [0, 0.1) is 5.92 Å². The van der Waals surface area contributed by atoms with Crippen LogP contribution >= 0.6 is 11.3 Å². The third-order valence-electron chi connectivity index (χ3n) is 6.28. The van der Waals surface area contributed by atoms with Gasteiger partial charge in [-0.3, -0.25) is 0 Å². The first-order valence-corrected chi connectivity index (χ1v) is 12.3. The lowest BCUT2D eigenvalue weighted by Crippen LogP contribution is -2.33. The second-order valence-electron chi connectivity index (χ2n) is 8.55. The molecular weight excluding hydrogens is 433 g/mol. The Morgan fingerprint density at radius 3 is 2.47 bits per heavy atom. The molecule has 0 N–H and O–H groups in total. The van der Waals surface area contributed by atoms with Crippen molar-refractivity contribution in [1.29, 1.82) is 0 Å². The van der Waals surface area contributed by atoms with Crippen molar-refractivity contribution < 1.29 is 17.9 Å². The molecule has 1 aliphatic heterocycles. The predicted octanol–water partition coefficient (Wildman–Crippen LogP) is 7.60. The quantitative estimate of drug-likeness (QED) is 0.306. The number of halogens is 3. The third-order valence-corrected chi connectivity index (χ3v) is 7.07. The summed E-state index contributed by atoms with van der Waals surface area (Å²) in [5.74, 6) is 0.651. The monoisotopic (exact) mass is 462 g/mol. The van der Waals surface area contributed by atoms with Crippen molar-refractivity contribution in [2.45, 2.75) is 57.7 Å². The number of alkyl halides is 3. The Kier molecular flexibility index (Phi) is 7.55. The van der Waals surface area contributed by atoms with Gasteiger partial charge in [0.15, 0.2) is 0 Å². The SMILES string of the molecule is FC(F)(F)Oc1ccc(CCCCCCC2CCN(c3cccc4scnc34)CC2)cc1. The molecular formula is C25H29F3N2OS. The first kappa shape index (κ1) is 22.9. The van der Waals surface area contributed by atoms with E-state index in [4.69, 9.17) is 0 Å². The number of unbranched alkanes of at least 4 members (excludes halogenated alkanes) is 3. The zero-order valence-electron chi connectivity index (χ0n) is 18.1. The van der Waals surface area contributed by atoms with Crippen molar-refractivity contribution in [3.05, 3.63) is 53.5 Å². The summed E-state index contributed by atoms with van der Waals surface area (Å²) < 4.78 is 41.8. The maximum Gasteiger partial charge on any atom is 0.573 e. The van der Waals surface area contributed by atoms with Crippen molar-refractivity contribution in [3.63, 3.8) is 0 Å². The molecule has 0 aliphatic carbocycles. The van der Waals surface area contributed by atoms with Crippen LogP contribution in [0.3, 0.4) is 0 Å². The topological polar surface area (TPSA) is 25.4 Å². The van der Waals surface area contributed by atoms with Gasteiger partial charge >= 0.3 is 6.36 Å². The molecule has 32 heavy (non-hydrogen) atoms. The molecule has 0 atom stereocenters. The summed E-state index contributed by atoms with van der Waals surface area (Å²) in [5.41, 5.74) is 5.40. The van der Waals surface area contributed by atoms with Crippen LogP contribution in [-0.2, 0) is 6.42 Å². The Labute approximate surface area is 191 Å². The van der Waals surface area contributed by atoms with E-state index >= 15 is 0 Å². The lowest BCUT2D eigenvalue weighted by atomic mass is 9.90. The summed E-state index contributed by atoms with van der Waals surface area (Å²) >= 11 is 1.70. The lowest BCUT2D eigenvalue weighted by Gasteiger charge is -2.33. The molecule has 2 aromatic carbocycles. The molecule has 3 nitrogen and oxygen atoms in total. The summed E-state index contributed by atoms with van der Waals surface area (Å²) in [6, 6.07) is 12.7. The van der Waals surface area contributed by atoms with E-state index in [2.05, 4.69) is 32.8 Å². The van der Waals surface area contributed by atoms with Crippen LogP contribution in [0.15, 0.2) is 48.0 Å². The molecule has 1 fully saturated rings. The Morgan fingerprint density at radius 2 is 1.72 bits per heavy atom. The van der Waals surface area contributed by atoms with E-state index in [1.807, 2.05) is 5.51 Å². The Bertz CT molecular complexity index is 979. The molecule has 172 valence electrons. The summed E-state index contributed by atoms with van der Waals surface area (Å²) in [7, 11) is 0. The minimum Gasteiger partial charge on any atom is -0.406 e. The van der Waals surface area contributed by atoms with Crippen molar-refractivity contribution in [2.24, 2.45) is 5.92 Å². The fourth-order valence-electron chi connectivity index (χ4n) is 4.56. The lowest BCUT2D eigenvalue weighted by molar-refractivity contribution is -0.274. The maximum absolute atomic E-state index is 12.2. The molecule has 1 aromatic heterocycles. The molecule has 4 rings (SSSR count). The molecule has 0 spiro atoms. The predicted molar refractivity (Wildman–Crippen MR) is 124 cm³/mol. The van der Waals surface area contributed by atoms with E-state index in [0.29, 0.717) is 0 Å². The van der Waals surface area contributed by atoms with Gasteiger partial charge in [-0.15, -0.1) is 24.5 Å². The number of fused-ring (bicyclic) bond motifs is 1. The molecule has 2 heterocycles. The second-order valence-corrected chi connectivity index (χ2v) is 9.44. The van der Waals surface area contributed by atoms with Crippen molar-refractivity contribution in [2.75, 3.05) is 18.0 Å². The molecule has 0 bridgehead atoms. The Morgan fingerprint density at radius 1 is 0.969 bits per heavy atom. The number of aryl methyl sites for hydroxylation is 1. The fourth-order valence-corrected chi connectivity index (χ4v) is 5.26. The number of rotatable bonds is 9. The van der Waals surface area contributed by atoms with E-state index in [9.17, 15) is 13.2 Å². The van der Waals surface area contributed by atoms with E-state index in [-0.39, 0.29) is 5.75 Å². The number of anilines is 1. The van der Waals surface area contributed by atoms with Crippen molar-refractivity contribution in [1.82, 2.24) is 4.98 Å². The minimum atomic E-state index is -4.63. The summed E-state index contributed by atoms with van der Waals surface area (Å²) in [6.45, 7) is 2.21. The third kappa shape index (κ3) is 6.37. The van der Waals surface area contributed by atoms with Crippen LogP contribution in [0.4, 0.5) is 18.9 Å². The molecule has 0 amide bonds. The van der Waals surface area contributed by atoms with Crippen LogP contribution in [0.5, 0.6) is 5.75 Å². The summed E-state index contributed by atoms with van der Waals surface area (Å²) in [6.07, 6.45) is 4.73. The van der Waals surface area contributed by atoms with Gasteiger partial charge in [-0.25, -0.2) is 4.98 Å². The van der Waals surface area contributed by atoms with Gasteiger partial charge < -0.3 is 9.64 Å². The van der Waals surface area contributed by atoms with Crippen molar-refractivity contribution in [3.8, 4) is 5.75 Å². The van der Waals surface area contributed by atoms with E-state index in [1.54, 1.807) is 23.5 Å². The Hall–Kier alpha value is -2.28. The van der Waals surface area contributed by atoms with Crippen LogP contribution in [0.2, 0.25) is 0 Å². The highest BCUT2D eigenvalue weighted by Gasteiger charge is 2.30. The molecule has 0 saturated carbocycles. The first-order chi connectivity index (χ1) is 15.5. The van der Waals surface area contributed by atoms with Crippen LogP contribution < -0.4 is 9.64 Å². The standard InChI is InChI=1S/C25H29F3N2OS/c26-25(27,28)31-21-12-10-19(11-13-21)6-3-1-2-4-7-20-14-16-30(17-15-20)22-8-5-9-23-24(22)29-18-32-23/h5,8-13,18,20H,1-4,6-7,14-17H2. The number of piperidine rings is 1. The van der Waals surface area contributed by atoms with E-state index < -0.39 is 6.36 Å². The Balaban J connectivity index is 1.10. The number of aromatic nitrogens is 1. The summed E-state index contributed by atoms with van der Waals surface area (Å²) in [4.78, 5) is 7.05. The highest BCUT2D eigenvalue weighted by molar-refractivity contribution is 7.16. The second kappa shape index (κ2) is 10.6. The zero-order chi connectivity index (χ0) is 22.4. The minimum absolute atomic E-state index is 0.157. The molecule has 1 saturated heterocycles. The van der Waals surface area contributed by atoms with Crippen LogP contribution in [-0.4, -0.2) is 24.4 Å².